The van der Waals surface area contributed by atoms with Gasteiger partial charge in [0.05, 0.1) is 13.2 Å². The molecule has 0 radical (unpaired) electrons. The Morgan fingerprint density at radius 3 is 2.28 bits per heavy atom. The van der Waals surface area contributed by atoms with Gasteiger partial charge in [0.1, 0.15) is 5.82 Å². The van der Waals surface area contributed by atoms with Gasteiger partial charge in [-0.3, -0.25) is 4.79 Å². The number of amides is 3. The molecule has 6 nitrogen and oxygen atoms in total. The van der Waals surface area contributed by atoms with E-state index in [0.29, 0.717) is 65.3 Å². The summed E-state index contributed by atoms with van der Waals surface area (Å²) in [4.78, 5) is 30.2. The number of ether oxygens (including phenoxy) is 1. The lowest BCUT2D eigenvalue weighted by Crippen LogP contribution is -2.55. The lowest BCUT2D eigenvalue weighted by atomic mass is 10.1. The number of carbonyl (C=O) groups is 2. The summed E-state index contributed by atoms with van der Waals surface area (Å²) < 4.78 is 18.4. The molecule has 7 heteroatoms. The van der Waals surface area contributed by atoms with Crippen LogP contribution in [-0.2, 0) is 16.0 Å². The molecule has 1 aromatic rings. The van der Waals surface area contributed by atoms with Crippen LogP contribution in [0, 0.1) is 5.82 Å². The van der Waals surface area contributed by atoms with Gasteiger partial charge in [0.25, 0.3) is 0 Å². The minimum atomic E-state index is -0.278. The van der Waals surface area contributed by atoms with Crippen LogP contribution in [0.3, 0.4) is 0 Å². The fraction of sp³-hybridized carbons (Fsp3) is 0.556. The molecule has 0 unspecified atom stereocenters. The van der Waals surface area contributed by atoms with Gasteiger partial charge >= 0.3 is 6.03 Å². The number of carbonyl (C=O) groups excluding carboxylic acids is 2. The number of aryl methyl sites for hydroxylation is 1. The third-order valence-electron chi connectivity index (χ3n) is 4.70. The van der Waals surface area contributed by atoms with Crippen LogP contribution in [0.15, 0.2) is 24.3 Å². The Balaban J connectivity index is 1.43. The van der Waals surface area contributed by atoms with Gasteiger partial charge in [0.2, 0.25) is 5.91 Å². The van der Waals surface area contributed by atoms with Crippen LogP contribution in [0.25, 0.3) is 0 Å². The van der Waals surface area contributed by atoms with Crippen LogP contribution in [0.1, 0.15) is 12.0 Å². The molecule has 25 heavy (non-hydrogen) atoms. The van der Waals surface area contributed by atoms with Crippen molar-refractivity contribution < 1.29 is 18.7 Å². The molecule has 0 saturated carbocycles. The predicted molar refractivity (Wildman–Crippen MR) is 90.7 cm³/mol. The maximum Gasteiger partial charge on any atom is 0.320 e. The smallest absolute Gasteiger partial charge is 0.320 e. The molecule has 0 aliphatic carbocycles. The van der Waals surface area contributed by atoms with Gasteiger partial charge in [-0.05, 0) is 24.1 Å². The summed E-state index contributed by atoms with van der Waals surface area (Å²) in [5.74, 6) is -0.220. The van der Waals surface area contributed by atoms with E-state index in [9.17, 15) is 14.0 Å². The Morgan fingerprint density at radius 1 is 0.960 bits per heavy atom. The van der Waals surface area contributed by atoms with E-state index >= 15 is 0 Å². The standard InChI is InChI=1S/C18H24FN3O3/c19-16-3-1-2-15(14-16)4-5-17(23)20-6-8-21(9-7-20)18(24)22-10-12-25-13-11-22/h1-3,14H,4-13H2. The second kappa shape index (κ2) is 8.29. The summed E-state index contributed by atoms with van der Waals surface area (Å²) in [6, 6.07) is 6.39. The summed E-state index contributed by atoms with van der Waals surface area (Å²) in [5.41, 5.74) is 0.828. The van der Waals surface area contributed by atoms with Crippen LogP contribution in [-0.4, -0.2) is 79.1 Å². The van der Waals surface area contributed by atoms with E-state index in [4.69, 9.17) is 4.74 Å². The first-order chi connectivity index (χ1) is 12.1. The maximum atomic E-state index is 13.2. The van der Waals surface area contributed by atoms with E-state index in [1.807, 2.05) is 15.9 Å². The second-order valence-electron chi connectivity index (χ2n) is 6.38. The number of hydrogen-bond donors (Lipinski definition) is 0. The van der Waals surface area contributed by atoms with Crippen molar-refractivity contribution in [3.05, 3.63) is 35.6 Å². The highest BCUT2D eigenvalue weighted by Gasteiger charge is 2.27. The molecular weight excluding hydrogens is 325 g/mol. The van der Waals surface area contributed by atoms with Crippen LogP contribution in [0.4, 0.5) is 9.18 Å². The number of morpholine rings is 1. The SMILES string of the molecule is O=C(CCc1cccc(F)c1)N1CCN(C(=O)N2CCOCC2)CC1. The molecule has 3 rings (SSSR count). The largest absolute Gasteiger partial charge is 0.378 e. The molecule has 3 amide bonds. The zero-order chi connectivity index (χ0) is 17.6. The Kier molecular flexibility index (Phi) is 5.86. The third kappa shape index (κ3) is 4.69. The summed E-state index contributed by atoms with van der Waals surface area (Å²) >= 11 is 0. The van der Waals surface area contributed by atoms with Gasteiger partial charge in [-0.15, -0.1) is 0 Å². The first-order valence-corrected chi connectivity index (χ1v) is 8.77. The molecule has 0 bridgehead atoms. The topological polar surface area (TPSA) is 53.1 Å². The van der Waals surface area contributed by atoms with Crippen LogP contribution < -0.4 is 0 Å². The maximum absolute atomic E-state index is 13.2. The quantitative estimate of drug-likeness (QED) is 0.828. The highest BCUT2D eigenvalue weighted by molar-refractivity contribution is 5.78. The summed E-state index contributed by atoms with van der Waals surface area (Å²) in [6.07, 6.45) is 0.893. The number of nitrogens with zero attached hydrogens (tertiary/aromatic N) is 3. The Morgan fingerprint density at radius 2 is 1.60 bits per heavy atom. The number of benzene rings is 1. The van der Waals surface area contributed by atoms with Crippen LogP contribution in [0.5, 0.6) is 0 Å². The Labute approximate surface area is 147 Å². The first-order valence-electron chi connectivity index (χ1n) is 8.77. The fourth-order valence-electron chi connectivity index (χ4n) is 3.20. The Hall–Kier alpha value is -2.15. The van der Waals surface area contributed by atoms with Gasteiger partial charge in [-0.1, -0.05) is 12.1 Å². The summed E-state index contributed by atoms with van der Waals surface area (Å²) in [5, 5.41) is 0. The normalized spacial score (nSPS) is 18.4. The monoisotopic (exact) mass is 349 g/mol. The third-order valence-corrected chi connectivity index (χ3v) is 4.70. The van der Waals surface area contributed by atoms with Crippen molar-refractivity contribution in [2.24, 2.45) is 0 Å². The molecular formula is C18H24FN3O3. The van der Waals surface area contributed by atoms with E-state index in [0.717, 1.165) is 5.56 Å². The van der Waals surface area contributed by atoms with Crippen molar-refractivity contribution >= 4 is 11.9 Å². The van der Waals surface area contributed by atoms with Crippen LogP contribution >= 0.6 is 0 Å². The average Bonchev–Trinajstić information content (AvgIpc) is 2.66. The fourth-order valence-corrected chi connectivity index (χ4v) is 3.20. The lowest BCUT2D eigenvalue weighted by Gasteiger charge is -2.38. The van der Waals surface area contributed by atoms with Crippen molar-refractivity contribution in [2.75, 3.05) is 52.5 Å². The van der Waals surface area contributed by atoms with Crippen molar-refractivity contribution in [2.45, 2.75) is 12.8 Å². The molecule has 0 atom stereocenters. The minimum Gasteiger partial charge on any atom is -0.378 e. The van der Waals surface area contributed by atoms with Crippen molar-refractivity contribution in [3.8, 4) is 0 Å². The molecule has 136 valence electrons. The second-order valence-corrected chi connectivity index (χ2v) is 6.38. The number of hydrogen-bond acceptors (Lipinski definition) is 3. The van der Waals surface area contributed by atoms with E-state index in [-0.39, 0.29) is 17.8 Å². The highest BCUT2D eigenvalue weighted by atomic mass is 19.1. The number of piperazine rings is 1. The predicted octanol–water partition coefficient (Wildman–Crippen LogP) is 1.35. The van der Waals surface area contributed by atoms with E-state index in [1.165, 1.54) is 12.1 Å². The number of rotatable bonds is 3. The van der Waals surface area contributed by atoms with Crippen molar-refractivity contribution in [3.63, 3.8) is 0 Å². The molecule has 2 saturated heterocycles. The minimum absolute atomic E-state index is 0.0372. The summed E-state index contributed by atoms with van der Waals surface area (Å²) in [7, 11) is 0. The average molecular weight is 349 g/mol. The van der Waals surface area contributed by atoms with Gasteiger partial charge in [0.15, 0.2) is 0 Å². The zero-order valence-electron chi connectivity index (χ0n) is 14.3. The molecule has 2 heterocycles. The molecule has 2 aliphatic rings. The number of urea groups is 1. The summed E-state index contributed by atoms with van der Waals surface area (Å²) in [6.45, 7) is 4.66. The highest BCUT2D eigenvalue weighted by Crippen LogP contribution is 2.11. The van der Waals surface area contributed by atoms with E-state index in [1.54, 1.807) is 11.0 Å². The number of halogens is 1. The lowest BCUT2D eigenvalue weighted by molar-refractivity contribution is -0.132. The van der Waals surface area contributed by atoms with Crippen molar-refractivity contribution in [1.82, 2.24) is 14.7 Å². The van der Waals surface area contributed by atoms with Gasteiger partial charge in [-0.25, -0.2) is 9.18 Å². The first kappa shape index (κ1) is 17.7. The molecule has 2 fully saturated rings. The molecule has 0 N–H and O–H groups in total. The Bertz CT molecular complexity index is 611. The molecule has 2 aliphatic heterocycles. The molecule has 0 aromatic heterocycles. The van der Waals surface area contributed by atoms with E-state index < -0.39 is 0 Å². The van der Waals surface area contributed by atoms with Gasteiger partial charge in [0, 0.05) is 45.7 Å². The van der Waals surface area contributed by atoms with Crippen LogP contribution in [0.2, 0.25) is 0 Å². The van der Waals surface area contributed by atoms with Gasteiger partial charge < -0.3 is 19.4 Å². The molecule has 0 spiro atoms. The van der Waals surface area contributed by atoms with E-state index in [2.05, 4.69) is 0 Å². The molecule has 1 aromatic carbocycles. The van der Waals surface area contributed by atoms with Gasteiger partial charge in [-0.2, -0.15) is 0 Å². The zero-order valence-corrected chi connectivity index (χ0v) is 14.3. The van der Waals surface area contributed by atoms with Crippen molar-refractivity contribution in [1.29, 1.82) is 0 Å².